The lowest BCUT2D eigenvalue weighted by Crippen LogP contribution is -2.32. The topological polar surface area (TPSA) is 15.3 Å². The Labute approximate surface area is 125 Å². The second-order valence-electron chi connectivity index (χ2n) is 4.95. The highest BCUT2D eigenvalue weighted by molar-refractivity contribution is 6.31. The van der Waals surface area contributed by atoms with Crippen molar-refractivity contribution in [1.29, 1.82) is 0 Å². The average molecular weight is 307 g/mol. The highest BCUT2D eigenvalue weighted by Crippen LogP contribution is 2.22. The van der Waals surface area contributed by atoms with Crippen molar-refractivity contribution >= 4 is 24.0 Å². The minimum Gasteiger partial charge on any atom is -0.317 e. The van der Waals surface area contributed by atoms with Crippen molar-refractivity contribution in [2.75, 3.05) is 20.1 Å². The lowest BCUT2D eigenvalue weighted by molar-refractivity contribution is 0.214. The lowest BCUT2D eigenvalue weighted by Gasteiger charge is -2.27. The van der Waals surface area contributed by atoms with Gasteiger partial charge < -0.3 is 5.32 Å². The number of rotatable bonds is 3. The molecule has 1 saturated heterocycles. The first kappa shape index (κ1) is 16.7. The number of benzene rings is 1. The van der Waals surface area contributed by atoms with Gasteiger partial charge in [-0.2, -0.15) is 0 Å². The van der Waals surface area contributed by atoms with Crippen molar-refractivity contribution in [2.24, 2.45) is 0 Å². The minimum absolute atomic E-state index is 0. The molecular weight excluding hydrogens is 286 g/mol. The fourth-order valence-electron chi connectivity index (χ4n) is 2.50. The highest BCUT2D eigenvalue weighted by Gasteiger charge is 2.18. The second-order valence-corrected chi connectivity index (χ2v) is 5.36. The van der Waals surface area contributed by atoms with Crippen molar-refractivity contribution in [1.82, 2.24) is 10.2 Å². The first-order valence-corrected chi connectivity index (χ1v) is 6.90. The Hall–Kier alpha value is -0.350. The van der Waals surface area contributed by atoms with Gasteiger partial charge in [0.2, 0.25) is 0 Å². The van der Waals surface area contributed by atoms with Gasteiger partial charge in [-0.1, -0.05) is 17.7 Å². The van der Waals surface area contributed by atoms with E-state index in [-0.39, 0.29) is 18.2 Å². The van der Waals surface area contributed by atoms with Crippen LogP contribution < -0.4 is 5.32 Å². The van der Waals surface area contributed by atoms with Crippen molar-refractivity contribution in [3.63, 3.8) is 0 Å². The Kier molecular flexibility index (Phi) is 7.08. The van der Waals surface area contributed by atoms with Gasteiger partial charge in [0.1, 0.15) is 5.82 Å². The van der Waals surface area contributed by atoms with Gasteiger partial charge in [0.25, 0.3) is 0 Å². The molecule has 19 heavy (non-hydrogen) atoms. The van der Waals surface area contributed by atoms with Crippen molar-refractivity contribution in [2.45, 2.75) is 31.8 Å². The Balaban J connectivity index is 0.00000180. The Morgan fingerprint density at radius 2 is 2.16 bits per heavy atom. The summed E-state index contributed by atoms with van der Waals surface area (Å²) in [7, 11) is 2.05. The zero-order valence-electron chi connectivity index (χ0n) is 11.2. The zero-order chi connectivity index (χ0) is 13.0. The minimum atomic E-state index is -0.207. The molecule has 0 saturated carbocycles. The van der Waals surface area contributed by atoms with E-state index in [9.17, 15) is 4.39 Å². The van der Waals surface area contributed by atoms with E-state index in [2.05, 4.69) is 17.3 Å². The molecule has 0 aromatic heterocycles. The Morgan fingerprint density at radius 3 is 2.89 bits per heavy atom. The van der Waals surface area contributed by atoms with Gasteiger partial charge in [-0.15, -0.1) is 12.4 Å². The second kappa shape index (κ2) is 8.05. The third-order valence-electron chi connectivity index (χ3n) is 3.64. The number of nitrogens with zero attached hydrogens (tertiary/aromatic N) is 1. The standard InChI is InChI=1S/C14H20ClFN2.ClH/c1-18(11-4-3-8-17-9-7-11)10-12-13(15)5-2-6-14(12)16;/h2,5-6,11,17H,3-4,7-10H2,1H3;1H. The molecule has 1 aliphatic heterocycles. The summed E-state index contributed by atoms with van der Waals surface area (Å²) in [6, 6.07) is 5.39. The van der Waals surface area contributed by atoms with Crippen LogP contribution in [0.2, 0.25) is 5.02 Å². The van der Waals surface area contributed by atoms with Gasteiger partial charge in [-0.25, -0.2) is 4.39 Å². The summed E-state index contributed by atoms with van der Waals surface area (Å²) in [6.45, 7) is 2.71. The van der Waals surface area contributed by atoms with Gasteiger partial charge >= 0.3 is 0 Å². The quantitative estimate of drug-likeness (QED) is 0.920. The fraction of sp³-hybridized carbons (Fsp3) is 0.571. The maximum atomic E-state index is 13.7. The molecule has 1 fully saturated rings. The SMILES string of the molecule is CN(Cc1c(F)cccc1Cl)C1CCCNCC1.Cl. The number of halogens is 3. The molecule has 2 nitrogen and oxygen atoms in total. The monoisotopic (exact) mass is 306 g/mol. The van der Waals surface area contributed by atoms with E-state index >= 15 is 0 Å². The molecular formula is C14H21Cl2FN2. The summed E-state index contributed by atoms with van der Waals surface area (Å²) < 4.78 is 13.7. The largest absolute Gasteiger partial charge is 0.317 e. The maximum Gasteiger partial charge on any atom is 0.129 e. The van der Waals surface area contributed by atoms with E-state index < -0.39 is 0 Å². The van der Waals surface area contributed by atoms with Crippen LogP contribution in [0, 0.1) is 5.82 Å². The molecule has 5 heteroatoms. The Morgan fingerprint density at radius 1 is 1.37 bits per heavy atom. The van der Waals surface area contributed by atoms with Gasteiger partial charge in [0, 0.05) is 23.2 Å². The average Bonchev–Trinajstić information content (AvgIpc) is 2.62. The predicted octanol–water partition coefficient (Wildman–Crippen LogP) is 3.47. The van der Waals surface area contributed by atoms with Crippen LogP contribution in [0.15, 0.2) is 18.2 Å². The molecule has 0 aliphatic carbocycles. The van der Waals surface area contributed by atoms with Crippen molar-refractivity contribution < 1.29 is 4.39 Å². The third-order valence-corrected chi connectivity index (χ3v) is 3.99. The lowest BCUT2D eigenvalue weighted by atomic mass is 10.1. The Bertz CT molecular complexity index is 373. The normalized spacial score (nSPS) is 19.9. The van der Waals surface area contributed by atoms with Crippen LogP contribution in [0.1, 0.15) is 24.8 Å². The molecule has 1 aliphatic rings. The zero-order valence-corrected chi connectivity index (χ0v) is 12.7. The summed E-state index contributed by atoms with van der Waals surface area (Å²) in [6.07, 6.45) is 3.46. The van der Waals surface area contributed by atoms with Crippen LogP contribution in [0.4, 0.5) is 4.39 Å². The predicted molar refractivity (Wildman–Crippen MR) is 80.6 cm³/mol. The molecule has 0 radical (unpaired) electrons. The molecule has 2 rings (SSSR count). The number of nitrogens with one attached hydrogen (secondary N) is 1. The molecule has 1 N–H and O–H groups in total. The van der Waals surface area contributed by atoms with E-state index in [0.717, 1.165) is 25.9 Å². The van der Waals surface area contributed by atoms with Crippen LogP contribution >= 0.6 is 24.0 Å². The van der Waals surface area contributed by atoms with Gasteiger partial charge in [-0.3, -0.25) is 4.90 Å². The van der Waals surface area contributed by atoms with Crippen molar-refractivity contribution in [3.8, 4) is 0 Å². The first-order valence-electron chi connectivity index (χ1n) is 6.52. The van der Waals surface area contributed by atoms with Gasteiger partial charge in [-0.05, 0) is 51.5 Å². The molecule has 108 valence electrons. The summed E-state index contributed by atoms with van der Waals surface area (Å²) in [5, 5.41) is 3.91. The molecule has 0 bridgehead atoms. The van der Waals surface area contributed by atoms with Gasteiger partial charge in [0.15, 0.2) is 0 Å². The highest BCUT2D eigenvalue weighted by atomic mass is 35.5. The number of hydrogen-bond donors (Lipinski definition) is 1. The van der Waals surface area contributed by atoms with Gasteiger partial charge in [0.05, 0.1) is 0 Å². The summed E-state index contributed by atoms with van der Waals surface area (Å²) in [5.74, 6) is -0.207. The third kappa shape index (κ3) is 4.60. The summed E-state index contributed by atoms with van der Waals surface area (Å²) >= 11 is 6.07. The van der Waals surface area contributed by atoms with Crippen LogP contribution in [-0.4, -0.2) is 31.1 Å². The van der Waals surface area contributed by atoms with Crippen LogP contribution in [0.3, 0.4) is 0 Å². The van der Waals surface area contributed by atoms with E-state index in [1.807, 2.05) is 0 Å². The van der Waals surface area contributed by atoms with E-state index in [0.29, 0.717) is 23.2 Å². The number of hydrogen-bond acceptors (Lipinski definition) is 2. The molecule has 0 amide bonds. The van der Waals surface area contributed by atoms with E-state index in [1.165, 1.54) is 12.5 Å². The smallest absolute Gasteiger partial charge is 0.129 e. The van der Waals surface area contributed by atoms with Crippen LogP contribution in [0.25, 0.3) is 0 Å². The van der Waals surface area contributed by atoms with E-state index in [1.54, 1.807) is 12.1 Å². The molecule has 1 atom stereocenters. The van der Waals surface area contributed by atoms with E-state index in [4.69, 9.17) is 11.6 Å². The molecule has 0 spiro atoms. The molecule has 1 unspecified atom stereocenters. The maximum absolute atomic E-state index is 13.7. The summed E-state index contributed by atoms with van der Waals surface area (Å²) in [5.41, 5.74) is 0.610. The molecule has 1 heterocycles. The summed E-state index contributed by atoms with van der Waals surface area (Å²) in [4.78, 5) is 2.22. The fourth-order valence-corrected chi connectivity index (χ4v) is 2.73. The first-order chi connectivity index (χ1) is 8.68. The molecule has 1 aromatic carbocycles. The van der Waals surface area contributed by atoms with Crippen molar-refractivity contribution in [3.05, 3.63) is 34.6 Å². The molecule has 1 aromatic rings. The van der Waals surface area contributed by atoms with Crippen LogP contribution in [0.5, 0.6) is 0 Å². The van der Waals surface area contributed by atoms with Crippen LogP contribution in [-0.2, 0) is 6.54 Å².